The molecule has 0 aromatic rings. The van der Waals surface area contributed by atoms with E-state index in [-0.39, 0.29) is 5.92 Å². The molecule has 2 saturated carbocycles. The van der Waals surface area contributed by atoms with E-state index in [9.17, 15) is 15.0 Å². The van der Waals surface area contributed by atoms with Gasteiger partial charge in [-0.05, 0) is 31.6 Å². The average molecular weight is 226 g/mol. The van der Waals surface area contributed by atoms with E-state index in [2.05, 4.69) is 0 Å². The molecule has 0 spiro atoms. The zero-order valence-electron chi connectivity index (χ0n) is 9.82. The van der Waals surface area contributed by atoms with E-state index in [1.807, 2.05) is 0 Å². The number of aliphatic hydroxyl groups is 1. The third-order valence-electron chi connectivity index (χ3n) is 4.53. The summed E-state index contributed by atoms with van der Waals surface area (Å²) >= 11 is 0. The van der Waals surface area contributed by atoms with Gasteiger partial charge in [0, 0.05) is 0 Å². The van der Waals surface area contributed by atoms with E-state index in [0.717, 1.165) is 38.5 Å². The minimum absolute atomic E-state index is 0.225. The van der Waals surface area contributed by atoms with Gasteiger partial charge in [0.05, 0.1) is 11.5 Å². The first-order valence-corrected chi connectivity index (χ1v) is 6.60. The van der Waals surface area contributed by atoms with Crippen molar-refractivity contribution in [3.63, 3.8) is 0 Å². The summed E-state index contributed by atoms with van der Waals surface area (Å²) in [5, 5.41) is 20.0. The van der Waals surface area contributed by atoms with Gasteiger partial charge in [0.2, 0.25) is 0 Å². The molecule has 3 heteroatoms. The quantitative estimate of drug-likeness (QED) is 0.760. The molecule has 0 aromatic heterocycles. The van der Waals surface area contributed by atoms with Crippen molar-refractivity contribution in [2.75, 3.05) is 0 Å². The zero-order chi connectivity index (χ0) is 11.6. The number of carbonyl (C=O) groups is 1. The highest BCUT2D eigenvalue weighted by Gasteiger charge is 2.48. The fraction of sp³-hybridized carbons (Fsp3) is 0.923. The Morgan fingerprint density at radius 3 is 2.25 bits per heavy atom. The first kappa shape index (κ1) is 11.9. The van der Waals surface area contributed by atoms with Crippen LogP contribution in [0.15, 0.2) is 0 Å². The number of hydrogen-bond donors (Lipinski definition) is 2. The predicted molar refractivity (Wildman–Crippen MR) is 61.1 cm³/mol. The lowest BCUT2D eigenvalue weighted by Crippen LogP contribution is -2.51. The van der Waals surface area contributed by atoms with Crippen LogP contribution in [0.3, 0.4) is 0 Å². The first-order valence-electron chi connectivity index (χ1n) is 6.60. The van der Waals surface area contributed by atoms with Gasteiger partial charge in [-0.25, -0.2) is 0 Å². The Morgan fingerprint density at radius 2 is 1.62 bits per heavy atom. The lowest BCUT2D eigenvalue weighted by atomic mass is 9.64. The molecule has 0 aliphatic heterocycles. The second-order valence-corrected chi connectivity index (χ2v) is 5.46. The Kier molecular flexibility index (Phi) is 3.53. The Balaban J connectivity index is 2.14. The lowest BCUT2D eigenvalue weighted by Gasteiger charge is -2.45. The van der Waals surface area contributed by atoms with Gasteiger partial charge in [0.1, 0.15) is 0 Å². The van der Waals surface area contributed by atoms with Gasteiger partial charge in [-0.1, -0.05) is 32.1 Å². The molecule has 2 aliphatic carbocycles. The van der Waals surface area contributed by atoms with Crippen molar-refractivity contribution in [1.82, 2.24) is 0 Å². The van der Waals surface area contributed by atoms with Gasteiger partial charge in [0.25, 0.3) is 0 Å². The molecule has 0 heterocycles. The standard InChI is InChI=1S/C13H22O3/c14-12(15)11-8-4-5-9-13(11,16)10-6-2-1-3-7-10/h10-11,16H,1-9H2,(H,14,15)/t11-,13+/m0/s1. The Bertz CT molecular complexity index is 258. The molecule has 0 radical (unpaired) electrons. The second kappa shape index (κ2) is 4.74. The minimum atomic E-state index is -0.912. The second-order valence-electron chi connectivity index (χ2n) is 5.46. The Labute approximate surface area is 96.9 Å². The van der Waals surface area contributed by atoms with Gasteiger partial charge in [-0.3, -0.25) is 4.79 Å². The summed E-state index contributed by atoms with van der Waals surface area (Å²) < 4.78 is 0. The molecule has 0 unspecified atom stereocenters. The van der Waals surface area contributed by atoms with Crippen LogP contribution in [0.4, 0.5) is 0 Å². The Morgan fingerprint density at radius 1 is 1.00 bits per heavy atom. The smallest absolute Gasteiger partial charge is 0.309 e. The van der Waals surface area contributed by atoms with Crippen molar-refractivity contribution in [3.05, 3.63) is 0 Å². The number of carboxylic acids is 1. The molecule has 2 rings (SSSR count). The fourth-order valence-corrected chi connectivity index (χ4v) is 3.61. The molecule has 0 saturated heterocycles. The summed E-state index contributed by atoms with van der Waals surface area (Å²) in [5.74, 6) is -1.10. The SMILES string of the molecule is O=C(O)[C@@H]1CCCC[C@@]1(O)C1CCCCC1. The summed E-state index contributed by atoms with van der Waals surface area (Å²) in [7, 11) is 0. The molecule has 2 N–H and O–H groups in total. The average Bonchev–Trinajstić information content (AvgIpc) is 2.30. The molecule has 16 heavy (non-hydrogen) atoms. The van der Waals surface area contributed by atoms with Crippen LogP contribution in [-0.4, -0.2) is 21.8 Å². The van der Waals surface area contributed by atoms with E-state index in [1.165, 1.54) is 6.42 Å². The topological polar surface area (TPSA) is 57.5 Å². The molecule has 2 aliphatic rings. The van der Waals surface area contributed by atoms with Crippen LogP contribution in [0.25, 0.3) is 0 Å². The number of rotatable bonds is 2. The lowest BCUT2D eigenvalue weighted by molar-refractivity contribution is -0.165. The monoisotopic (exact) mass is 226 g/mol. The third-order valence-corrected chi connectivity index (χ3v) is 4.53. The van der Waals surface area contributed by atoms with Crippen LogP contribution in [0, 0.1) is 11.8 Å². The molecular weight excluding hydrogens is 204 g/mol. The third kappa shape index (κ3) is 2.10. The van der Waals surface area contributed by atoms with Gasteiger partial charge >= 0.3 is 5.97 Å². The van der Waals surface area contributed by atoms with E-state index in [1.54, 1.807) is 0 Å². The largest absolute Gasteiger partial charge is 0.481 e. The summed E-state index contributed by atoms with van der Waals surface area (Å²) in [6.45, 7) is 0. The maximum Gasteiger partial charge on any atom is 0.309 e. The van der Waals surface area contributed by atoms with Crippen molar-refractivity contribution in [3.8, 4) is 0 Å². The van der Waals surface area contributed by atoms with Crippen LogP contribution in [0.1, 0.15) is 57.8 Å². The maximum absolute atomic E-state index is 11.3. The molecule has 2 atom stereocenters. The zero-order valence-corrected chi connectivity index (χ0v) is 9.82. The number of carboxylic acid groups (broad SMARTS) is 1. The minimum Gasteiger partial charge on any atom is -0.481 e. The van der Waals surface area contributed by atoms with Crippen LogP contribution < -0.4 is 0 Å². The van der Waals surface area contributed by atoms with Crippen LogP contribution in [0.2, 0.25) is 0 Å². The van der Waals surface area contributed by atoms with Crippen LogP contribution in [0.5, 0.6) is 0 Å². The van der Waals surface area contributed by atoms with E-state index >= 15 is 0 Å². The summed E-state index contributed by atoms with van der Waals surface area (Å²) in [6, 6.07) is 0. The molecule has 0 amide bonds. The van der Waals surface area contributed by atoms with Crippen molar-refractivity contribution >= 4 is 5.97 Å². The molecule has 2 fully saturated rings. The van der Waals surface area contributed by atoms with Crippen molar-refractivity contribution < 1.29 is 15.0 Å². The van der Waals surface area contributed by atoms with Crippen molar-refractivity contribution in [1.29, 1.82) is 0 Å². The summed E-state index contributed by atoms with van der Waals surface area (Å²) in [6.07, 6.45) is 8.85. The number of aliphatic carboxylic acids is 1. The molecule has 3 nitrogen and oxygen atoms in total. The van der Waals surface area contributed by atoms with Crippen molar-refractivity contribution in [2.45, 2.75) is 63.4 Å². The normalized spacial score (nSPS) is 37.2. The van der Waals surface area contributed by atoms with E-state index in [4.69, 9.17) is 0 Å². The van der Waals surface area contributed by atoms with Gasteiger partial charge < -0.3 is 10.2 Å². The van der Waals surface area contributed by atoms with Gasteiger partial charge in [-0.15, -0.1) is 0 Å². The van der Waals surface area contributed by atoms with E-state index < -0.39 is 17.5 Å². The van der Waals surface area contributed by atoms with Crippen LogP contribution >= 0.6 is 0 Å². The van der Waals surface area contributed by atoms with Gasteiger partial charge in [-0.2, -0.15) is 0 Å². The molecule has 0 bridgehead atoms. The molecule has 92 valence electrons. The highest BCUT2D eigenvalue weighted by Crippen LogP contribution is 2.44. The van der Waals surface area contributed by atoms with Crippen molar-refractivity contribution in [2.24, 2.45) is 11.8 Å². The predicted octanol–water partition coefficient (Wildman–Crippen LogP) is 2.57. The number of hydrogen-bond acceptors (Lipinski definition) is 2. The Hall–Kier alpha value is -0.570. The maximum atomic E-state index is 11.3. The van der Waals surface area contributed by atoms with E-state index in [0.29, 0.717) is 12.8 Å². The first-order chi connectivity index (χ1) is 7.64. The van der Waals surface area contributed by atoms with Crippen LogP contribution in [-0.2, 0) is 4.79 Å². The fourth-order valence-electron chi connectivity index (χ4n) is 3.61. The summed E-state index contributed by atoms with van der Waals surface area (Å²) in [5.41, 5.74) is -0.912. The molecular formula is C13H22O3. The van der Waals surface area contributed by atoms with Gasteiger partial charge in [0.15, 0.2) is 0 Å². The summed E-state index contributed by atoms with van der Waals surface area (Å²) in [4.78, 5) is 11.3. The highest BCUT2D eigenvalue weighted by molar-refractivity contribution is 5.71. The highest BCUT2D eigenvalue weighted by atomic mass is 16.4. The molecule has 0 aromatic carbocycles.